The van der Waals surface area contributed by atoms with Gasteiger partial charge in [0.15, 0.2) is 6.61 Å². The fourth-order valence-electron chi connectivity index (χ4n) is 3.25. The predicted molar refractivity (Wildman–Crippen MR) is 116 cm³/mol. The monoisotopic (exact) mass is 484 g/mol. The standard InChI is InChI=1S/C21H22ClFN2O6S/c1-30-18-8-6-15(22)12-17(18)24-20(26)13-31-21(27)14-5-7-16(23)19(11-14)32(28,29)25-9-3-2-4-10-25/h5-8,11-12H,2-4,9-10,13H2,1H3,(H,24,26). The van der Waals surface area contributed by atoms with Gasteiger partial charge >= 0.3 is 5.97 Å². The van der Waals surface area contributed by atoms with Crippen LogP contribution in [0.2, 0.25) is 5.02 Å². The summed E-state index contributed by atoms with van der Waals surface area (Å²) in [5, 5.41) is 2.88. The number of hydrogen-bond acceptors (Lipinski definition) is 6. The highest BCUT2D eigenvalue weighted by atomic mass is 35.5. The summed E-state index contributed by atoms with van der Waals surface area (Å²) in [5.74, 6) is -2.23. The number of carbonyl (C=O) groups is 2. The fourth-order valence-corrected chi connectivity index (χ4v) is 5.03. The van der Waals surface area contributed by atoms with E-state index in [9.17, 15) is 22.4 Å². The molecule has 0 aromatic heterocycles. The van der Waals surface area contributed by atoms with Crippen LogP contribution in [0.3, 0.4) is 0 Å². The Morgan fingerprint density at radius 3 is 2.53 bits per heavy atom. The molecule has 1 fully saturated rings. The summed E-state index contributed by atoms with van der Waals surface area (Å²) in [5.41, 5.74) is 0.105. The third kappa shape index (κ3) is 5.56. The molecule has 172 valence electrons. The van der Waals surface area contributed by atoms with Gasteiger partial charge in [0.05, 0.1) is 18.4 Å². The molecule has 1 saturated heterocycles. The van der Waals surface area contributed by atoms with Gasteiger partial charge in [-0.05, 0) is 49.2 Å². The maximum absolute atomic E-state index is 14.3. The molecular formula is C21H22ClFN2O6S. The number of nitrogens with zero attached hydrogens (tertiary/aromatic N) is 1. The van der Waals surface area contributed by atoms with Gasteiger partial charge in [0.2, 0.25) is 10.0 Å². The topological polar surface area (TPSA) is 102 Å². The molecule has 0 radical (unpaired) electrons. The van der Waals surface area contributed by atoms with Crippen molar-refractivity contribution < 1.29 is 31.9 Å². The molecule has 0 atom stereocenters. The molecule has 1 N–H and O–H groups in total. The molecule has 0 spiro atoms. The van der Waals surface area contributed by atoms with Gasteiger partial charge in [-0.1, -0.05) is 18.0 Å². The number of halogens is 2. The van der Waals surface area contributed by atoms with Gasteiger partial charge in [-0.3, -0.25) is 4.79 Å². The number of esters is 1. The molecule has 2 aromatic rings. The van der Waals surface area contributed by atoms with Crippen LogP contribution in [0.15, 0.2) is 41.3 Å². The zero-order chi connectivity index (χ0) is 23.3. The predicted octanol–water partition coefficient (Wildman–Crippen LogP) is 3.46. The number of rotatable bonds is 7. The van der Waals surface area contributed by atoms with Crippen LogP contribution >= 0.6 is 11.6 Å². The first kappa shape index (κ1) is 24.0. The second-order valence-electron chi connectivity index (χ2n) is 7.08. The van der Waals surface area contributed by atoms with Crippen molar-refractivity contribution in [1.29, 1.82) is 0 Å². The molecule has 0 aliphatic carbocycles. The van der Waals surface area contributed by atoms with E-state index in [0.29, 0.717) is 36.7 Å². The molecule has 0 bridgehead atoms. The van der Waals surface area contributed by atoms with Crippen molar-refractivity contribution in [2.75, 3.05) is 32.1 Å². The highest BCUT2D eigenvalue weighted by Crippen LogP contribution is 2.28. The first-order chi connectivity index (χ1) is 15.2. The minimum absolute atomic E-state index is 0.185. The van der Waals surface area contributed by atoms with Crippen molar-refractivity contribution in [3.63, 3.8) is 0 Å². The second kappa shape index (κ2) is 10.3. The van der Waals surface area contributed by atoms with E-state index in [1.807, 2.05) is 0 Å². The molecule has 8 nitrogen and oxygen atoms in total. The van der Waals surface area contributed by atoms with Crippen molar-refractivity contribution in [1.82, 2.24) is 4.31 Å². The maximum Gasteiger partial charge on any atom is 0.338 e. The van der Waals surface area contributed by atoms with E-state index in [-0.39, 0.29) is 11.3 Å². The smallest absolute Gasteiger partial charge is 0.338 e. The minimum atomic E-state index is -4.09. The third-order valence-corrected chi connectivity index (χ3v) is 7.02. The van der Waals surface area contributed by atoms with E-state index in [0.717, 1.165) is 24.6 Å². The van der Waals surface area contributed by atoms with Crippen molar-refractivity contribution in [2.45, 2.75) is 24.2 Å². The Kier molecular flexibility index (Phi) is 7.70. The molecule has 1 amide bonds. The van der Waals surface area contributed by atoms with E-state index in [2.05, 4.69) is 5.32 Å². The SMILES string of the molecule is COc1ccc(Cl)cc1NC(=O)COC(=O)c1ccc(F)c(S(=O)(=O)N2CCCCC2)c1. The lowest BCUT2D eigenvalue weighted by molar-refractivity contribution is -0.119. The van der Waals surface area contributed by atoms with Gasteiger partial charge in [0, 0.05) is 18.1 Å². The summed E-state index contributed by atoms with van der Waals surface area (Å²) >= 11 is 5.91. The largest absolute Gasteiger partial charge is 0.495 e. The Bertz CT molecular complexity index is 1120. The number of sulfonamides is 1. The van der Waals surface area contributed by atoms with E-state index in [1.54, 1.807) is 12.1 Å². The van der Waals surface area contributed by atoms with E-state index >= 15 is 0 Å². The number of carbonyl (C=O) groups excluding carboxylic acids is 2. The zero-order valence-corrected chi connectivity index (χ0v) is 18.8. The third-order valence-electron chi connectivity index (χ3n) is 4.87. The number of nitrogens with one attached hydrogen (secondary N) is 1. The minimum Gasteiger partial charge on any atom is -0.495 e. The Balaban J connectivity index is 1.69. The van der Waals surface area contributed by atoms with Gasteiger partial charge < -0.3 is 14.8 Å². The highest BCUT2D eigenvalue weighted by Gasteiger charge is 2.29. The Labute approximate surface area is 190 Å². The molecule has 1 heterocycles. The highest BCUT2D eigenvalue weighted by molar-refractivity contribution is 7.89. The molecule has 3 rings (SSSR count). The number of piperidine rings is 1. The van der Waals surface area contributed by atoms with Crippen LogP contribution in [0.25, 0.3) is 0 Å². The van der Waals surface area contributed by atoms with Gasteiger partial charge in [-0.15, -0.1) is 0 Å². The van der Waals surface area contributed by atoms with Crippen molar-refractivity contribution in [3.05, 3.63) is 52.8 Å². The van der Waals surface area contributed by atoms with Crippen LogP contribution < -0.4 is 10.1 Å². The molecular weight excluding hydrogens is 463 g/mol. The maximum atomic E-state index is 14.3. The van der Waals surface area contributed by atoms with Crippen molar-refractivity contribution >= 4 is 39.2 Å². The quantitative estimate of drug-likeness (QED) is 0.604. The summed E-state index contributed by atoms with van der Waals surface area (Å²) in [6, 6.07) is 7.54. The average molecular weight is 485 g/mol. The number of anilines is 1. The van der Waals surface area contributed by atoms with Gasteiger partial charge in [-0.2, -0.15) is 4.31 Å². The lowest BCUT2D eigenvalue weighted by Crippen LogP contribution is -2.36. The Hall–Kier alpha value is -2.69. The fraction of sp³-hybridized carbons (Fsp3) is 0.333. The summed E-state index contributed by atoms with van der Waals surface area (Å²) < 4.78 is 51.2. The molecule has 11 heteroatoms. The molecule has 32 heavy (non-hydrogen) atoms. The van der Waals surface area contributed by atoms with Gasteiger partial charge in [-0.25, -0.2) is 17.6 Å². The summed E-state index contributed by atoms with van der Waals surface area (Å²) in [6.07, 6.45) is 2.29. The Morgan fingerprint density at radius 2 is 1.84 bits per heavy atom. The van der Waals surface area contributed by atoms with Gasteiger partial charge in [0.25, 0.3) is 5.91 Å². The van der Waals surface area contributed by atoms with Crippen LogP contribution in [0.1, 0.15) is 29.6 Å². The lowest BCUT2D eigenvalue weighted by Gasteiger charge is -2.26. The zero-order valence-electron chi connectivity index (χ0n) is 17.3. The molecule has 2 aromatic carbocycles. The van der Waals surface area contributed by atoms with Crippen molar-refractivity contribution in [3.8, 4) is 5.75 Å². The number of ether oxygens (including phenoxy) is 2. The number of hydrogen-bond donors (Lipinski definition) is 1. The summed E-state index contributed by atoms with van der Waals surface area (Å²) in [4.78, 5) is 23.9. The summed E-state index contributed by atoms with van der Waals surface area (Å²) in [7, 11) is -2.67. The van der Waals surface area contributed by atoms with Crippen LogP contribution in [0.4, 0.5) is 10.1 Å². The van der Waals surface area contributed by atoms with E-state index < -0.39 is 39.2 Å². The van der Waals surface area contributed by atoms with Gasteiger partial charge in [0.1, 0.15) is 16.5 Å². The lowest BCUT2D eigenvalue weighted by atomic mass is 10.2. The van der Waals surface area contributed by atoms with Crippen molar-refractivity contribution in [2.24, 2.45) is 0 Å². The second-order valence-corrected chi connectivity index (χ2v) is 9.42. The molecule has 0 unspecified atom stereocenters. The first-order valence-electron chi connectivity index (χ1n) is 9.82. The van der Waals surface area contributed by atoms with Crippen LogP contribution in [-0.2, 0) is 19.6 Å². The summed E-state index contributed by atoms with van der Waals surface area (Å²) in [6.45, 7) is -0.0622. The molecule has 1 aliphatic rings. The number of methoxy groups -OCH3 is 1. The van der Waals surface area contributed by atoms with Crippen LogP contribution in [-0.4, -0.2) is 51.4 Å². The Morgan fingerprint density at radius 1 is 1.12 bits per heavy atom. The average Bonchev–Trinajstić information content (AvgIpc) is 2.78. The number of amides is 1. The number of benzene rings is 2. The van der Waals surface area contributed by atoms with Crippen LogP contribution in [0.5, 0.6) is 5.75 Å². The normalized spacial score (nSPS) is 14.6. The molecule has 0 saturated carbocycles. The first-order valence-corrected chi connectivity index (χ1v) is 11.6. The van der Waals surface area contributed by atoms with E-state index in [1.165, 1.54) is 17.5 Å². The van der Waals surface area contributed by atoms with Crippen LogP contribution in [0, 0.1) is 5.82 Å². The molecule has 1 aliphatic heterocycles. The van der Waals surface area contributed by atoms with E-state index in [4.69, 9.17) is 21.1 Å².